The van der Waals surface area contributed by atoms with E-state index in [1.807, 2.05) is 6.92 Å². The van der Waals surface area contributed by atoms with Gasteiger partial charge in [0, 0.05) is 31.4 Å². The van der Waals surface area contributed by atoms with Crippen molar-refractivity contribution in [1.29, 1.82) is 0 Å². The zero-order valence-corrected chi connectivity index (χ0v) is 12.8. The minimum atomic E-state index is 0.0863. The highest BCUT2D eigenvalue weighted by Crippen LogP contribution is 2.19. The third-order valence-electron chi connectivity index (χ3n) is 3.67. The van der Waals surface area contributed by atoms with Crippen LogP contribution in [0, 0.1) is 0 Å². The highest BCUT2D eigenvalue weighted by Gasteiger charge is 2.19. The van der Waals surface area contributed by atoms with Gasteiger partial charge in [-0.05, 0) is 31.9 Å². The van der Waals surface area contributed by atoms with E-state index in [-0.39, 0.29) is 6.61 Å². The first kappa shape index (κ1) is 15.6. The largest absolute Gasteiger partial charge is 0.394 e. The number of aliphatic hydroxyl groups is 1. The number of para-hydroxylation sites is 1. The molecule has 0 saturated carbocycles. The fourth-order valence-electron chi connectivity index (χ4n) is 2.60. The van der Waals surface area contributed by atoms with Crippen molar-refractivity contribution < 1.29 is 5.11 Å². The summed E-state index contributed by atoms with van der Waals surface area (Å²) in [7, 11) is 0. The number of guanidine groups is 1. The summed E-state index contributed by atoms with van der Waals surface area (Å²) >= 11 is 0. The van der Waals surface area contributed by atoms with Gasteiger partial charge in [0.2, 0.25) is 0 Å². The smallest absolute Gasteiger partial charge is 0.191 e. The lowest BCUT2D eigenvalue weighted by molar-refractivity contribution is 0.306. The van der Waals surface area contributed by atoms with Crippen molar-refractivity contribution in [3.8, 4) is 0 Å². The molecule has 0 radical (unpaired) electrons. The first-order valence-corrected chi connectivity index (χ1v) is 7.79. The van der Waals surface area contributed by atoms with Crippen LogP contribution in [-0.2, 0) is 0 Å². The molecule has 116 valence electrons. The SMILES string of the molecule is CCNC(=NCCO)NC1CCN(c2ccccc2)CC1. The normalized spacial score (nSPS) is 16.9. The maximum absolute atomic E-state index is 8.88. The second kappa shape index (κ2) is 8.52. The molecule has 2 rings (SSSR count). The maximum Gasteiger partial charge on any atom is 0.191 e. The van der Waals surface area contributed by atoms with Gasteiger partial charge in [-0.15, -0.1) is 0 Å². The molecule has 1 aromatic carbocycles. The zero-order chi connectivity index (χ0) is 14.9. The van der Waals surface area contributed by atoms with Gasteiger partial charge in [0.05, 0.1) is 13.2 Å². The predicted molar refractivity (Wildman–Crippen MR) is 87.9 cm³/mol. The summed E-state index contributed by atoms with van der Waals surface area (Å²) in [6.07, 6.45) is 2.19. The number of aliphatic hydroxyl groups excluding tert-OH is 1. The predicted octanol–water partition coefficient (Wildman–Crippen LogP) is 1.20. The zero-order valence-electron chi connectivity index (χ0n) is 12.8. The van der Waals surface area contributed by atoms with Crippen LogP contribution in [0.25, 0.3) is 0 Å². The van der Waals surface area contributed by atoms with Gasteiger partial charge in [0.15, 0.2) is 5.96 Å². The van der Waals surface area contributed by atoms with Crippen LogP contribution in [0.3, 0.4) is 0 Å². The van der Waals surface area contributed by atoms with E-state index in [0.717, 1.165) is 38.4 Å². The topological polar surface area (TPSA) is 59.9 Å². The van der Waals surface area contributed by atoms with Gasteiger partial charge in [0.1, 0.15) is 0 Å². The molecule has 1 aliphatic rings. The van der Waals surface area contributed by atoms with E-state index in [2.05, 4.69) is 50.9 Å². The van der Waals surface area contributed by atoms with Crippen LogP contribution < -0.4 is 15.5 Å². The lowest BCUT2D eigenvalue weighted by Crippen LogP contribution is -2.48. The van der Waals surface area contributed by atoms with E-state index in [4.69, 9.17) is 5.11 Å². The van der Waals surface area contributed by atoms with Crippen molar-refractivity contribution in [2.75, 3.05) is 37.7 Å². The second-order valence-electron chi connectivity index (χ2n) is 5.23. The first-order chi connectivity index (χ1) is 10.3. The monoisotopic (exact) mass is 290 g/mol. The molecule has 0 amide bonds. The van der Waals surface area contributed by atoms with Crippen molar-refractivity contribution in [3.63, 3.8) is 0 Å². The molecule has 21 heavy (non-hydrogen) atoms. The fraction of sp³-hybridized carbons (Fsp3) is 0.562. The second-order valence-corrected chi connectivity index (χ2v) is 5.23. The van der Waals surface area contributed by atoms with E-state index in [1.165, 1.54) is 5.69 Å². The number of rotatable bonds is 5. The molecule has 1 aliphatic heterocycles. The summed E-state index contributed by atoms with van der Waals surface area (Å²) in [6.45, 7) is 5.53. The van der Waals surface area contributed by atoms with Crippen LogP contribution in [0.5, 0.6) is 0 Å². The Morgan fingerprint density at radius 1 is 1.29 bits per heavy atom. The minimum Gasteiger partial charge on any atom is -0.394 e. The summed E-state index contributed by atoms with van der Waals surface area (Å²) in [5.41, 5.74) is 1.30. The van der Waals surface area contributed by atoms with Crippen LogP contribution in [0.2, 0.25) is 0 Å². The Hall–Kier alpha value is -1.75. The van der Waals surface area contributed by atoms with Gasteiger partial charge in [-0.3, -0.25) is 4.99 Å². The number of anilines is 1. The average Bonchev–Trinajstić information content (AvgIpc) is 2.54. The number of nitrogens with one attached hydrogen (secondary N) is 2. The van der Waals surface area contributed by atoms with E-state index < -0.39 is 0 Å². The Bertz CT molecular complexity index is 427. The van der Waals surface area contributed by atoms with Crippen molar-refractivity contribution in [2.24, 2.45) is 4.99 Å². The van der Waals surface area contributed by atoms with Gasteiger partial charge in [-0.25, -0.2) is 0 Å². The molecule has 1 heterocycles. The van der Waals surface area contributed by atoms with Crippen molar-refractivity contribution in [1.82, 2.24) is 10.6 Å². The minimum absolute atomic E-state index is 0.0863. The van der Waals surface area contributed by atoms with Crippen molar-refractivity contribution in [2.45, 2.75) is 25.8 Å². The number of hydrogen-bond donors (Lipinski definition) is 3. The average molecular weight is 290 g/mol. The summed E-state index contributed by atoms with van der Waals surface area (Å²) < 4.78 is 0. The van der Waals surface area contributed by atoms with E-state index in [0.29, 0.717) is 12.6 Å². The fourth-order valence-corrected chi connectivity index (χ4v) is 2.60. The molecule has 0 unspecified atom stereocenters. The lowest BCUT2D eigenvalue weighted by atomic mass is 10.0. The summed E-state index contributed by atoms with van der Waals surface area (Å²) in [4.78, 5) is 6.76. The molecule has 3 N–H and O–H groups in total. The molecular weight excluding hydrogens is 264 g/mol. The van der Waals surface area contributed by atoms with Crippen LogP contribution >= 0.6 is 0 Å². The molecule has 0 aromatic heterocycles. The summed E-state index contributed by atoms with van der Waals surface area (Å²) in [5, 5.41) is 15.6. The van der Waals surface area contributed by atoms with Crippen LogP contribution in [0.1, 0.15) is 19.8 Å². The Labute approximate surface area is 127 Å². The van der Waals surface area contributed by atoms with Gasteiger partial charge in [-0.1, -0.05) is 18.2 Å². The van der Waals surface area contributed by atoms with Crippen molar-refractivity contribution >= 4 is 11.6 Å². The van der Waals surface area contributed by atoms with Crippen LogP contribution in [0.4, 0.5) is 5.69 Å². The molecule has 0 aliphatic carbocycles. The first-order valence-electron chi connectivity index (χ1n) is 7.79. The standard InChI is InChI=1S/C16H26N4O/c1-2-17-16(18-10-13-21)19-14-8-11-20(12-9-14)15-6-4-3-5-7-15/h3-7,14,21H,2,8-13H2,1H3,(H2,17,18,19). The van der Waals surface area contributed by atoms with Crippen molar-refractivity contribution in [3.05, 3.63) is 30.3 Å². The lowest BCUT2D eigenvalue weighted by Gasteiger charge is -2.34. The van der Waals surface area contributed by atoms with Gasteiger partial charge in [0.25, 0.3) is 0 Å². The van der Waals surface area contributed by atoms with Gasteiger partial charge in [-0.2, -0.15) is 0 Å². The van der Waals surface area contributed by atoms with Crippen LogP contribution in [0.15, 0.2) is 35.3 Å². The number of aliphatic imine (C=N–C) groups is 1. The maximum atomic E-state index is 8.88. The van der Waals surface area contributed by atoms with Gasteiger partial charge < -0.3 is 20.6 Å². The number of benzene rings is 1. The summed E-state index contributed by atoms with van der Waals surface area (Å²) in [5.74, 6) is 0.810. The number of nitrogens with zero attached hydrogens (tertiary/aromatic N) is 2. The van der Waals surface area contributed by atoms with Gasteiger partial charge >= 0.3 is 0 Å². The molecule has 1 fully saturated rings. The molecule has 0 bridgehead atoms. The molecule has 1 aromatic rings. The molecule has 5 nitrogen and oxygen atoms in total. The Morgan fingerprint density at radius 3 is 2.62 bits per heavy atom. The van der Waals surface area contributed by atoms with Crippen LogP contribution in [-0.4, -0.2) is 49.9 Å². The molecular formula is C16H26N4O. The number of piperidine rings is 1. The Morgan fingerprint density at radius 2 is 2.00 bits per heavy atom. The Balaban J connectivity index is 1.83. The van der Waals surface area contributed by atoms with E-state index in [9.17, 15) is 0 Å². The number of hydrogen-bond acceptors (Lipinski definition) is 3. The third-order valence-corrected chi connectivity index (χ3v) is 3.67. The third kappa shape index (κ3) is 4.93. The molecule has 5 heteroatoms. The Kier molecular flexibility index (Phi) is 6.34. The summed E-state index contributed by atoms with van der Waals surface area (Å²) in [6, 6.07) is 11.0. The molecule has 0 atom stereocenters. The highest BCUT2D eigenvalue weighted by molar-refractivity contribution is 5.80. The highest BCUT2D eigenvalue weighted by atomic mass is 16.3. The quantitative estimate of drug-likeness (QED) is 0.563. The molecule has 0 spiro atoms. The van der Waals surface area contributed by atoms with E-state index >= 15 is 0 Å². The molecule has 1 saturated heterocycles. The van der Waals surface area contributed by atoms with E-state index in [1.54, 1.807) is 0 Å².